The lowest BCUT2D eigenvalue weighted by molar-refractivity contribution is 0.108. The lowest BCUT2D eigenvalue weighted by Crippen LogP contribution is -2.34. The highest BCUT2D eigenvalue weighted by molar-refractivity contribution is 5.61. The van der Waals surface area contributed by atoms with Crippen LogP contribution in [0.1, 0.15) is 19.3 Å². The predicted molar refractivity (Wildman–Crippen MR) is 29.1 cm³/mol. The maximum absolute atomic E-state index is 10.1. The lowest BCUT2D eigenvalue weighted by atomic mass is 9.71. The summed E-state index contributed by atoms with van der Waals surface area (Å²) in [5, 5.41) is 8.57. The van der Waals surface area contributed by atoms with Crippen LogP contribution in [-0.4, -0.2) is 18.0 Å². The molecule has 0 saturated heterocycles. The molecule has 0 bridgehead atoms. The van der Waals surface area contributed by atoms with Crippen molar-refractivity contribution in [1.82, 2.24) is 0 Å². The van der Waals surface area contributed by atoms with Gasteiger partial charge in [0.2, 0.25) is 6.29 Å². The molecule has 1 saturated carbocycles. The normalized spacial score (nSPS) is 24.1. The largest absolute Gasteiger partial charge is 0.395 e. The Morgan fingerprint density at radius 2 is 2.25 bits per heavy atom. The molecular weight excluding hydrogens is 104 g/mol. The van der Waals surface area contributed by atoms with Crippen molar-refractivity contribution in [3.8, 4) is 0 Å². The maximum Gasteiger partial charge on any atom is 0.207 e. The Labute approximate surface area is 48.5 Å². The van der Waals surface area contributed by atoms with Crippen molar-refractivity contribution >= 4 is 6.29 Å². The highest BCUT2D eigenvalue weighted by Crippen LogP contribution is 2.37. The number of carbonyl (C=O) groups excluding carboxylic acids is 1. The Bertz CT molecular complexity index is 89.2. The van der Waals surface area contributed by atoms with Crippen molar-refractivity contribution in [2.75, 3.05) is 6.61 Å². The molecule has 0 aromatic carbocycles. The molecular formula is C6H9O2. The lowest BCUT2D eigenvalue weighted by Gasteiger charge is -2.33. The summed E-state index contributed by atoms with van der Waals surface area (Å²) in [5.41, 5.74) is -0.444. The molecule has 45 valence electrons. The second-order valence-electron chi connectivity index (χ2n) is 2.39. The molecule has 0 aliphatic heterocycles. The molecule has 1 aliphatic rings. The van der Waals surface area contributed by atoms with Crippen LogP contribution in [-0.2, 0) is 4.79 Å². The van der Waals surface area contributed by atoms with E-state index in [2.05, 4.69) is 0 Å². The Morgan fingerprint density at radius 1 is 1.62 bits per heavy atom. The van der Waals surface area contributed by atoms with Gasteiger partial charge in [0.05, 0.1) is 12.0 Å². The first kappa shape index (κ1) is 5.76. The molecule has 1 radical (unpaired) electrons. The van der Waals surface area contributed by atoms with Crippen LogP contribution < -0.4 is 0 Å². The van der Waals surface area contributed by atoms with Gasteiger partial charge in [0.15, 0.2) is 0 Å². The first-order chi connectivity index (χ1) is 3.83. The number of aliphatic hydroxyl groups is 1. The molecule has 1 N–H and O–H groups in total. The van der Waals surface area contributed by atoms with Crippen LogP contribution in [0.4, 0.5) is 0 Å². The van der Waals surface area contributed by atoms with Crippen molar-refractivity contribution in [2.45, 2.75) is 19.3 Å². The minimum absolute atomic E-state index is 0.0174. The molecule has 0 atom stereocenters. The summed E-state index contributed by atoms with van der Waals surface area (Å²) in [7, 11) is 0. The quantitative estimate of drug-likeness (QED) is 0.557. The van der Waals surface area contributed by atoms with E-state index in [9.17, 15) is 4.79 Å². The Balaban J connectivity index is 2.45. The monoisotopic (exact) mass is 113 g/mol. The van der Waals surface area contributed by atoms with Crippen molar-refractivity contribution in [3.05, 3.63) is 0 Å². The topological polar surface area (TPSA) is 37.3 Å². The Kier molecular flexibility index (Phi) is 1.34. The van der Waals surface area contributed by atoms with Gasteiger partial charge in [-0.3, -0.25) is 4.79 Å². The highest BCUT2D eigenvalue weighted by atomic mass is 16.3. The first-order valence-corrected chi connectivity index (χ1v) is 2.83. The zero-order valence-electron chi connectivity index (χ0n) is 4.68. The molecule has 0 amide bonds. The van der Waals surface area contributed by atoms with E-state index < -0.39 is 5.41 Å². The van der Waals surface area contributed by atoms with Gasteiger partial charge in [0.25, 0.3) is 0 Å². The van der Waals surface area contributed by atoms with Crippen LogP contribution >= 0.6 is 0 Å². The molecule has 2 heteroatoms. The van der Waals surface area contributed by atoms with Crippen LogP contribution in [0.15, 0.2) is 0 Å². The van der Waals surface area contributed by atoms with Crippen LogP contribution in [0.25, 0.3) is 0 Å². The van der Waals surface area contributed by atoms with E-state index in [0.29, 0.717) is 0 Å². The molecule has 0 spiro atoms. The van der Waals surface area contributed by atoms with Gasteiger partial charge in [-0.1, -0.05) is 6.42 Å². The molecule has 8 heavy (non-hydrogen) atoms. The number of aliphatic hydroxyl groups excluding tert-OH is 1. The third kappa shape index (κ3) is 0.650. The fourth-order valence-corrected chi connectivity index (χ4v) is 0.896. The van der Waals surface area contributed by atoms with E-state index in [-0.39, 0.29) is 6.61 Å². The zero-order valence-corrected chi connectivity index (χ0v) is 4.68. The standard InChI is InChI=1S/C6H9O2/c7-4-6(5-8)2-1-3-6/h7H,1-4H2. The fourth-order valence-electron chi connectivity index (χ4n) is 0.896. The maximum atomic E-state index is 10.1. The highest BCUT2D eigenvalue weighted by Gasteiger charge is 2.36. The molecule has 1 aliphatic carbocycles. The van der Waals surface area contributed by atoms with Gasteiger partial charge in [-0.2, -0.15) is 0 Å². The van der Waals surface area contributed by atoms with E-state index >= 15 is 0 Å². The van der Waals surface area contributed by atoms with Gasteiger partial charge >= 0.3 is 0 Å². The molecule has 2 nitrogen and oxygen atoms in total. The molecule has 0 unspecified atom stereocenters. The molecule has 0 heterocycles. The number of hydrogen-bond acceptors (Lipinski definition) is 2. The summed E-state index contributed by atoms with van der Waals surface area (Å²) in [6, 6.07) is 0. The van der Waals surface area contributed by atoms with E-state index in [1.165, 1.54) is 0 Å². The van der Waals surface area contributed by atoms with Crippen molar-refractivity contribution in [1.29, 1.82) is 0 Å². The minimum Gasteiger partial charge on any atom is -0.395 e. The fraction of sp³-hybridized carbons (Fsp3) is 0.833. The third-order valence-corrected chi connectivity index (χ3v) is 1.83. The van der Waals surface area contributed by atoms with E-state index in [0.717, 1.165) is 19.3 Å². The summed E-state index contributed by atoms with van der Waals surface area (Å²) in [6.07, 6.45) is 4.58. The smallest absolute Gasteiger partial charge is 0.207 e. The van der Waals surface area contributed by atoms with Crippen LogP contribution in [0, 0.1) is 5.41 Å². The number of rotatable bonds is 2. The summed E-state index contributed by atoms with van der Waals surface area (Å²) in [4.78, 5) is 10.1. The Hall–Kier alpha value is -0.370. The third-order valence-electron chi connectivity index (χ3n) is 1.83. The summed E-state index contributed by atoms with van der Waals surface area (Å²) in [5.74, 6) is 0. The van der Waals surface area contributed by atoms with Gasteiger partial charge in [-0.25, -0.2) is 0 Å². The minimum atomic E-state index is -0.444. The molecule has 1 rings (SSSR count). The average molecular weight is 113 g/mol. The van der Waals surface area contributed by atoms with Crippen LogP contribution in [0.5, 0.6) is 0 Å². The molecule has 0 aromatic heterocycles. The van der Waals surface area contributed by atoms with Crippen molar-refractivity contribution in [2.24, 2.45) is 5.41 Å². The van der Waals surface area contributed by atoms with E-state index in [1.807, 2.05) is 6.29 Å². The van der Waals surface area contributed by atoms with Crippen LogP contribution in [0.3, 0.4) is 0 Å². The molecule has 1 fully saturated rings. The van der Waals surface area contributed by atoms with Gasteiger partial charge in [0.1, 0.15) is 0 Å². The zero-order chi connectivity index (χ0) is 6.04. The van der Waals surface area contributed by atoms with E-state index in [1.54, 1.807) is 0 Å². The first-order valence-electron chi connectivity index (χ1n) is 2.83. The Morgan fingerprint density at radius 3 is 2.25 bits per heavy atom. The van der Waals surface area contributed by atoms with Crippen molar-refractivity contribution < 1.29 is 9.90 Å². The van der Waals surface area contributed by atoms with Crippen LogP contribution in [0.2, 0.25) is 0 Å². The second kappa shape index (κ2) is 1.86. The van der Waals surface area contributed by atoms with Crippen molar-refractivity contribution in [3.63, 3.8) is 0 Å². The predicted octanol–water partition coefficient (Wildman–Crippen LogP) is 0.259. The van der Waals surface area contributed by atoms with Gasteiger partial charge in [-0.05, 0) is 12.8 Å². The summed E-state index contributed by atoms with van der Waals surface area (Å²) in [6.45, 7) is -0.0174. The van der Waals surface area contributed by atoms with Gasteiger partial charge < -0.3 is 5.11 Å². The summed E-state index contributed by atoms with van der Waals surface area (Å²) < 4.78 is 0. The SMILES string of the molecule is O=[C]C1(CO)CCC1. The second-order valence-corrected chi connectivity index (χ2v) is 2.39. The van der Waals surface area contributed by atoms with E-state index in [4.69, 9.17) is 5.11 Å². The summed E-state index contributed by atoms with van der Waals surface area (Å²) >= 11 is 0. The van der Waals surface area contributed by atoms with Gasteiger partial charge in [-0.15, -0.1) is 0 Å². The molecule has 0 aromatic rings. The average Bonchev–Trinajstić information content (AvgIpc) is 1.67. The van der Waals surface area contributed by atoms with Gasteiger partial charge in [0, 0.05) is 0 Å². The number of hydrogen-bond donors (Lipinski definition) is 1.